The molecule has 4 N–H and O–H groups in total. The zero-order valence-corrected chi connectivity index (χ0v) is 18.2. The number of benzene rings is 3. The van der Waals surface area contributed by atoms with Crippen LogP contribution in [0.5, 0.6) is 11.5 Å². The van der Waals surface area contributed by atoms with Gasteiger partial charge in [0.1, 0.15) is 30.3 Å². The average molecular weight is 489 g/mol. The Balaban J connectivity index is 1.34. The summed E-state index contributed by atoms with van der Waals surface area (Å²) < 4.78 is 46.4. The molecule has 7 nitrogen and oxygen atoms in total. The first-order chi connectivity index (χ1) is 16.6. The maximum Gasteiger partial charge on any atom is 0.573 e. The van der Waals surface area contributed by atoms with Gasteiger partial charge < -0.3 is 30.1 Å². The molecular formula is C25H22F3NO6. The summed E-state index contributed by atoms with van der Waals surface area (Å²) in [5, 5.41) is 32.7. The van der Waals surface area contributed by atoms with Crippen LogP contribution in [0.25, 0.3) is 11.1 Å². The van der Waals surface area contributed by atoms with Crippen molar-refractivity contribution in [3.8, 4) is 22.6 Å². The molecule has 0 bridgehead atoms. The van der Waals surface area contributed by atoms with Crippen LogP contribution in [0.3, 0.4) is 0 Å². The first-order valence-electron chi connectivity index (χ1n) is 10.7. The second kappa shape index (κ2) is 9.85. The molecule has 0 spiro atoms. The molecule has 0 heterocycles. The first kappa shape index (κ1) is 24.4. The third-order valence-electron chi connectivity index (χ3n) is 5.71. The van der Waals surface area contributed by atoms with Gasteiger partial charge in [-0.05, 0) is 40.5 Å². The van der Waals surface area contributed by atoms with Gasteiger partial charge in [0.2, 0.25) is 0 Å². The molecule has 0 fully saturated rings. The van der Waals surface area contributed by atoms with Crippen molar-refractivity contribution in [1.82, 2.24) is 5.32 Å². The zero-order chi connectivity index (χ0) is 25.2. The lowest BCUT2D eigenvalue weighted by Crippen LogP contribution is -2.36. The molecule has 1 aliphatic rings. The Kier molecular flexibility index (Phi) is 6.86. The van der Waals surface area contributed by atoms with E-state index in [-0.39, 0.29) is 12.5 Å². The number of hydrogen-bond acceptors (Lipinski definition) is 6. The molecule has 2 unspecified atom stereocenters. The van der Waals surface area contributed by atoms with Crippen molar-refractivity contribution in [2.24, 2.45) is 0 Å². The van der Waals surface area contributed by atoms with Crippen molar-refractivity contribution in [2.75, 3.05) is 13.2 Å². The normalized spacial score (nSPS) is 14.5. The van der Waals surface area contributed by atoms with Crippen molar-refractivity contribution < 1.29 is 42.8 Å². The molecule has 0 saturated heterocycles. The van der Waals surface area contributed by atoms with Crippen LogP contribution in [0.15, 0.2) is 66.7 Å². The van der Waals surface area contributed by atoms with Gasteiger partial charge in [0.15, 0.2) is 0 Å². The van der Waals surface area contributed by atoms with E-state index in [4.69, 9.17) is 4.74 Å². The monoisotopic (exact) mass is 489 g/mol. The fourth-order valence-corrected chi connectivity index (χ4v) is 4.12. The smallest absolute Gasteiger partial charge is 0.508 e. The summed E-state index contributed by atoms with van der Waals surface area (Å²) in [5.41, 5.74) is 3.77. The molecular weight excluding hydrogens is 467 g/mol. The molecule has 0 aliphatic heterocycles. The van der Waals surface area contributed by atoms with Gasteiger partial charge in [-0.25, -0.2) is 4.79 Å². The predicted molar refractivity (Wildman–Crippen MR) is 119 cm³/mol. The van der Waals surface area contributed by atoms with E-state index in [0.717, 1.165) is 40.5 Å². The van der Waals surface area contributed by atoms with Gasteiger partial charge in [0.05, 0.1) is 0 Å². The summed E-state index contributed by atoms with van der Waals surface area (Å²) in [6, 6.07) is 18.1. The number of phenols is 1. The number of phenolic OH excluding ortho intramolecular Hbond substituents is 1. The third-order valence-corrected chi connectivity index (χ3v) is 5.71. The number of ether oxygens (including phenoxy) is 2. The average Bonchev–Trinajstić information content (AvgIpc) is 3.15. The van der Waals surface area contributed by atoms with E-state index in [2.05, 4.69) is 10.1 Å². The standard InChI is InChI=1S/C25H22F3NO6/c26-25(27,28)35-14-9-10-21(30)19(11-14)23(32)22(31)12-29-24(33)34-13-20-17-7-3-1-5-15(17)16-6-2-4-8-18(16)20/h1-11,20,22-23,30-32H,12-13H2,(H,29,33). The number of aliphatic hydroxyl groups excluding tert-OH is 2. The zero-order valence-electron chi connectivity index (χ0n) is 18.2. The number of alkyl carbamates (subject to hydrolysis) is 1. The van der Waals surface area contributed by atoms with Crippen LogP contribution in [-0.2, 0) is 4.74 Å². The predicted octanol–water partition coefficient (Wildman–Crippen LogP) is 4.22. The number of rotatable bonds is 7. The minimum atomic E-state index is -4.97. The lowest BCUT2D eigenvalue weighted by molar-refractivity contribution is -0.274. The molecule has 0 radical (unpaired) electrons. The second-order valence-electron chi connectivity index (χ2n) is 7.99. The van der Waals surface area contributed by atoms with Crippen molar-refractivity contribution in [3.63, 3.8) is 0 Å². The van der Waals surface area contributed by atoms with Crippen LogP contribution in [0, 0.1) is 0 Å². The van der Waals surface area contributed by atoms with Crippen molar-refractivity contribution in [1.29, 1.82) is 0 Å². The molecule has 1 aliphatic carbocycles. The molecule has 184 valence electrons. The molecule has 0 saturated carbocycles. The van der Waals surface area contributed by atoms with Gasteiger partial charge in [0, 0.05) is 18.0 Å². The molecule has 10 heteroatoms. The molecule has 3 aromatic carbocycles. The number of hydrogen-bond donors (Lipinski definition) is 4. The quantitative estimate of drug-likeness (QED) is 0.396. The highest BCUT2D eigenvalue weighted by molar-refractivity contribution is 5.79. The fourth-order valence-electron chi connectivity index (χ4n) is 4.12. The van der Waals surface area contributed by atoms with Crippen molar-refractivity contribution in [3.05, 3.63) is 83.4 Å². The number of aromatic hydroxyl groups is 1. The first-order valence-corrected chi connectivity index (χ1v) is 10.7. The molecule has 0 aromatic heterocycles. The van der Waals surface area contributed by atoms with Crippen LogP contribution in [0.4, 0.5) is 18.0 Å². The number of carbonyl (C=O) groups is 1. The van der Waals surface area contributed by atoms with Gasteiger partial charge in [-0.1, -0.05) is 48.5 Å². The Morgan fingerprint density at radius 1 is 0.971 bits per heavy atom. The van der Waals surface area contributed by atoms with Crippen molar-refractivity contribution in [2.45, 2.75) is 24.5 Å². The number of halogens is 3. The number of nitrogens with one attached hydrogen (secondary N) is 1. The van der Waals surface area contributed by atoms with E-state index in [0.29, 0.717) is 0 Å². The Bertz CT molecular complexity index is 1170. The topological polar surface area (TPSA) is 108 Å². The Morgan fingerprint density at radius 3 is 2.17 bits per heavy atom. The van der Waals surface area contributed by atoms with Crippen LogP contribution < -0.4 is 10.1 Å². The lowest BCUT2D eigenvalue weighted by Gasteiger charge is -2.21. The van der Waals surface area contributed by atoms with Gasteiger partial charge in [-0.3, -0.25) is 0 Å². The van der Waals surface area contributed by atoms with Crippen LogP contribution in [0.1, 0.15) is 28.7 Å². The molecule has 2 atom stereocenters. The molecule has 1 amide bonds. The largest absolute Gasteiger partial charge is 0.573 e. The van der Waals surface area contributed by atoms with E-state index in [1.807, 2.05) is 48.5 Å². The summed E-state index contributed by atoms with van der Waals surface area (Å²) in [4.78, 5) is 12.2. The van der Waals surface area contributed by atoms with Crippen LogP contribution >= 0.6 is 0 Å². The summed E-state index contributed by atoms with van der Waals surface area (Å²) in [6.45, 7) is -0.447. The van der Waals surface area contributed by atoms with Gasteiger partial charge in [-0.15, -0.1) is 13.2 Å². The van der Waals surface area contributed by atoms with E-state index < -0.39 is 48.3 Å². The number of alkyl halides is 3. The van der Waals surface area contributed by atoms with Gasteiger partial charge >= 0.3 is 12.5 Å². The van der Waals surface area contributed by atoms with E-state index in [1.165, 1.54) is 0 Å². The maximum absolute atomic E-state index is 12.4. The van der Waals surface area contributed by atoms with Crippen LogP contribution in [0.2, 0.25) is 0 Å². The fraction of sp³-hybridized carbons (Fsp3) is 0.240. The lowest BCUT2D eigenvalue weighted by atomic mass is 9.98. The number of amides is 1. The third kappa shape index (κ3) is 5.50. The minimum absolute atomic E-state index is 0.0378. The number of fused-ring (bicyclic) bond motifs is 3. The SMILES string of the molecule is O=C(NCC(O)C(O)c1cc(OC(F)(F)F)ccc1O)OCC1c2ccccc2-c2ccccc21. The second-order valence-corrected chi connectivity index (χ2v) is 7.99. The van der Waals surface area contributed by atoms with E-state index in [1.54, 1.807) is 0 Å². The summed E-state index contributed by atoms with van der Waals surface area (Å²) in [5.74, 6) is -1.40. The summed E-state index contributed by atoms with van der Waals surface area (Å²) in [6.07, 6.45) is -9.27. The molecule has 35 heavy (non-hydrogen) atoms. The highest BCUT2D eigenvalue weighted by Crippen LogP contribution is 2.44. The highest BCUT2D eigenvalue weighted by Gasteiger charge is 2.32. The van der Waals surface area contributed by atoms with Crippen LogP contribution in [-0.4, -0.2) is 47.0 Å². The minimum Gasteiger partial charge on any atom is -0.508 e. The van der Waals surface area contributed by atoms with Crippen molar-refractivity contribution >= 4 is 6.09 Å². The van der Waals surface area contributed by atoms with E-state index in [9.17, 15) is 33.3 Å². The molecule has 4 rings (SSSR count). The summed E-state index contributed by atoms with van der Waals surface area (Å²) >= 11 is 0. The number of aliphatic hydroxyl groups is 2. The van der Waals surface area contributed by atoms with E-state index >= 15 is 0 Å². The highest BCUT2D eigenvalue weighted by atomic mass is 19.4. The number of carbonyl (C=O) groups excluding carboxylic acids is 1. The molecule has 3 aromatic rings. The Morgan fingerprint density at radius 2 is 1.57 bits per heavy atom. The maximum atomic E-state index is 12.4. The van der Waals surface area contributed by atoms with Gasteiger partial charge in [0.25, 0.3) is 0 Å². The van der Waals surface area contributed by atoms with Gasteiger partial charge in [-0.2, -0.15) is 0 Å². The Labute approximate surface area is 198 Å². The summed E-state index contributed by atoms with van der Waals surface area (Å²) in [7, 11) is 0. The Hall–Kier alpha value is -3.76.